The Bertz CT molecular complexity index is 405. The third-order valence-electron chi connectivity index (χ3n) is 4.70. The maximum Gasteiger partial charge on any atom is 0.0230 e. The standard InChI is InChI=1S/C18H28N2/c1-4-18(10-13-19(2)14-11-18)12-15-20(3)16-17-8-6-5-7-9-17/h4-9H,1,10-16H2,2-3H3. The van der Waals surface area contributed by atoms with E-state index in [0.29, 0.717) is 5.41 Å². The normalized spacial score (nSPS) is 19.1. The predicted octanol–water partition coefficient (Wildman–Crippen LogP) is 3.41. The van der Waals surface area contributed by atoms with Gasteiger partial charge in [0.15, 0.2) is 0 Å². The second-order valence-electron chi connectivity index (χ2n) is 6.34. The van der Waals surface area contributed by atoms with Crippen LogP contribution in [0.3, 0.4) is 0 Å². The van der Waals surface area contributed by atoms with Gasteiger partial charge in [0, 0.05) is 6.54 Å². The lowest BCUT2D eigenvalue weighted by molar-refractivity contribution is 0.140. The number of nitrogens with zero attached hydrogens (tertiary/aromatic N) is 2. The van der Waals surface area contributed by atoms with Crippen LogP contribution in [0.5, 0.6) is 0 Å². The first-order valence-corrected chi connectivity index (χ1v) is 7.68. The van der Waals surface area contributed by atoms with E-state index in [9.17, 15) is 0 Å². The van der Waals surface area contributed by atoms with Crippen LogP contribution in [0.4, 0.5) is 0 Å². The zero-order valence-electron chi connectivity index (χ0n) is 13.0. The molecule has 2 heteroatoms. The molecule has 1 heterocycles. The van der Waals surface area contributed by atoms with Crippen molar-refractivity contribution in [1.82, 2.24) is 9.80 Å². The topological polar surface area (TPSA) is 6.48 Å². The summed E-state index contributed by atoms with van der Waals surface area (Å²) in [5.41, 5.74) is 1.75. The molecule has 2 nitrogen and oxygen atoms in total. The Hall–Kier alpha value is -1.12. The molecule has 2 rings (SSSR count). The summed E-state index contributed by atoms with van der Waals surface area (Å²) in [6.45, 7) is 8.69. The van der Waals surface area contributed by atoms with Gasteiger partial charge in [-0.3, -0.25) is 0 Å². The van der Waals surface area contributed by atoms with E-state index in [0.717, 1.165) is 13.1 Å². The first-order chi connectivity index (χ1) is 9.63. The average molecular weight is 272 g/mol. The fraction of sp³-hybridized carbons (Fsp3) is 0.556. The molecule has 0 radical (unpaired) electrons. The lowest BCUT2D eigenvalue weighted by Gasteiger charge is -2.39. The average Bonchev–Trinajstić information content (AvgIpc) is 2.48. The maximum absolute atomic E-state index is 4.11. The van der Waals surface area contributed by atoms with Crippen molar-refractivity contribution >= 4 is 0 Å². The van der Waals surface area contributed by atoms with E-state index in [1.54, 1.807) is 0 Å². The van der Waals surface area contributed by atoms with Crippen molar-refractivity contribution in [2.24, 2.45) is 5.41 Å². The Kier molecular flexibility index (Phi) is 5.38. The fourth-order valence-electron chi connectivity index (χ4n) is 3.01. The summed E-state index contributed by atoms with van der Waals surface area (Å²) in [6, 6.07) is 10.7. The molecule has 1 aromatic rings. The summed E-state index contributed by atoms with van der Waals surface area (Å²) in [6.07, 6.45) is 5.96. The van der Waals surface area contributed by atoms with Gasteiger partial charge in [-0.15, -0.1) is 6.58 Å². The number of piperidine rings is 1. The van der Waals surface area contributed by atoms with Crippen LogP contribution in [0, 0.1) is 5.41 Å². The molecule has 1 aliphatic rings. The second-order valence-corrected chi connectivity index (χ2v) is 6.34. The van der Waals surface area contributed by atoms with Crippen molar-refractivity contribution in [3.05, 3.63) is 48.6 Å². The van der Waals surface area contributed by atoms with Crippen molar-refractivity contribution in [1.29, 1.82) is 0 Å². The molecule has 0 atom stereocenters. The lowest BCUT2D eigenvalue weighted by Crippen LogP contribution is -2.38. The molecule has 0 N–H and O–H groups in total. The van der Waals surface area contributed by atoms with Crippen LogP contribution in [-0.4, -0.2) is 43.5 Å². The van der Waals surface area contributed by atoms with Gasteiger partial charge in [-0.2, -0.15) is 0 Å². The van der Waals surface area contributed by atoms with Crippen molar-refractivity contribution in [3.8, 4) is 0 Å². The minimum Gasteiger partial charge on any atom is -0.306 e. The number of rotatable bonds is 6. The van der Waals surface area contributed by atoms with Crippen LogP contribution in [-0.2, 0) is 6.54 Å². The van der Waals surface area contributed by atoms with Crippen LogP contribution in [0.15, 0.2) is 43.0 Å². The van der Waals surface area contributed by atoms with Gasteiger partial charge in [-0.05, 0) is 64.0 Å². The molecule has 110 valence electrons. The zero-order chi connectivity index (χ0) is 14.4. The Morgan fingerprint density at radius 1 is 1.25 bits per heavy atom. The Morgan fingerprint density at radius 2 is 1.90 bits per heavy atom. The van der Waals surface area contributed by atoms with Gasteiger partial charge < -0.3 is 9.80 Å². The first-order valence-electron chi connectivity index (χ1n) is 7.68. The molecule has 0 bridgehead atoms. The van der Waals surface area contributed by atoms with Crippen molar-refractivity contribution in [2.75, 3.05) is 33.7 Å². The van der Waals surface area contributed by atoms with Crippen molar-refractivity contribution in [3.63, 3.8) is 0 Å². The minimum absolute atomic E-state index is 0.359. The SMILES string of the molecule is C=CC1(CCN(C)Cc2ccccc2)CCN(C)CC1. The molecule has 1 fully saturated rings. The highest BCUT2D eigenvalue weighted by Gasteiger charge is 2.30. The Morgan fingerprint density at radius 3 is 2.50 bits per heavy atom. The summed E-state index contributed by atoms with van der Waals surface area (Å²) < 4.78 is 0. The summed E-state index contributed by atoms with van der Waals surface area (Å²) in [4.78, 5) is 4.86. The molecule has 20 heavy (non-hydrogen) atoms. The molecule has 1 aromatic carbocycles. The van der Waals surface area contributed by atoms with Gasteiger partial charge in [0.2, 0.25) is 0 Å². The molecule has 0 spiro atoms. The number of hydrogen-bond acceptors (Lipinski definition) is 2. The third kappa shape index (κ3) is 4.19. The highest BCUT2D eigenvalue weighted by atomic mass is 15.1. The van der Waals surface area contributed by atoms with Crippen molar-refractivity contribution in [2.45, 2.75) is 25.8 Å². The van der Waals surface area contributed by atoms with E-state index in [4.69, 9.17) is 0 Å². The van der Waals surface area contributed by atoms with Crippen molar-refractivity contribution < 1.29 is 0 Å². The maximum atomic E-state index is 4.11. The van der Waals surface area contributed by atoms with Crippen LogP contribution >= 0.6 is 0 Å². The molecular weight excluding hydrogens is 244 g/mol. The highest BCUT2D eigenvalue weighted by molar-refractivity contribution is 5.14. The fourth-order valence-corrected chi connectivity index (χ4v) is 3.01. The number of benzene rings is 1. The molecule has 1 saturated heterocycles. The van der Waals surface area contributed by atoms with Gasteiger partial charge in [0.1, 0.15) is 0 Å². The predicted molar refractivity (Wildman–Crippen MR) is 86.8 cm³/mol. The van der Waals surface area contributed by atoms with Crippen LogP contribution in [0.25, 0.3) is 0 Å². The summed E-state index contributed by atoms with van der Waals surface area (Å²) in [5.74, 6) is 0. The molecule has 0 saturated carbocycles. The molecular formula is C18H28N2. The monoisotopic (exact) mass is 272 g/mol. The van der Waals surface area contributed by atoms with E-state index in [2.05, 4.69) is 66.9 Å². The zero-order valence-corrected chi connectivity index (χ0v) is 13.0. The van der Waals surface area contributed by atoms with E-state index in [1.807, 2.05) is 0 Å². The number of allylic oxidation sites excluding steroid dienone is 1. The molecule has 0 aromatic heterocycles. The van der Waals surface area contributed by atoms with Gasteiger partial charge in [-0.25, -0.2) is 0 Å². The number of hydrogen-bond donors (Lipinski definition) is 0. The summed E-state index contributed by atoms with van der Waals surface area (Å²) in [7, 11) is 4.44. The van der Waals surface area contributed by atoms with Crippen LogP contribution in [0.2, 0.25) is 0 Å². The third-order valence-corrected chi connectivity index (χ3v) is 4.70. The van der Waals surface area contributed by atoms with E-state index >= 15 is 0 Å². The second kappa shape index (κ2) is 7.05. The first kappa shape index (κ1) is 15.3. The van der Waals surface area contributed by atoms with Crippen LogP contribution in [0.1, 0.15) is 24.8 Å². The lowest BCUT2D eigenvalue weighted by atomic mass is 9.76. The summed E-state index contributed by atoms with van der Waals surface area (Å²) in [5, 5.41) is 0. The van der Waals surface area contributed by atoms with E-state index in [-0.39, 0.29) is 0 Å². The van der Waals surface area contributed by atoms with Gasteiger partial charge >= 0.3 is 0 Å². The smallest absolute Gasteiger partial charge is 0.0230 e. The molecule has 1 aliphatic heterocycles. The number of likely N-dealkylation sites (tertiary alicyclic amines) is 1. The van der Waals surface area contributed by atoms with E-state index < -0.39 is 0 Å². The summed E-state index contributed by atoms with van der Waals surface area (Å²) >= 11 is 0. The van der Waals surface area contributed by atoms with Crippen LogP contribution < -0.4 is 0 Å². The van der Waals surface area contributed by atoms with Gasteiger partial charge in [-0.1, -0.05) is 36.4 Å². The molecule has 0 amide bonds. The van der Waals surface area contributed by atoms with Gasteiger partial charge in [0.05, 0.1) is 0 Å². The Balaban J connectivity index is 1.82. The van der Waals surface area contributed by atoms with E-state index in [1.165, 1.54) is 37.9 Å². The largest absolute Gasteiger partial charge is 0.306 e. The molecule has 0 unspecified atom stereocenters. The highest BCUT2D eigenvalue weighted by Crippen LogP contribution is 2.35. The quantitative estimate of drug-likeness (QED) is 0.732. The van der Waals surface area contributed by atoms with Gasteiger partial charge in [0.25, 0.3) is 0 Å². The Labute approximate surface area is 124 Å². The minimum atomic E-state index is 0.359. The molecule has 0 aliphatic carbocycles.